The lowest BCUT2D eigenvalue weighted by atomic mass is 10.2. The van der Waals surface area contributed by atoms with E-state index in [4.69, 9.17) is 5.73 Å². The van der Waals surface area contributed by atoms with Crippen molar-refractivity contribution in [2.24, 2.45) is 0 Å². The van der Waals surface area contributed by atoms with Gasteiger partial charge < -0.3 is 10.7 Å². The van der Waals surface area contributed by atoms with Crippen LogP contribution in [0, 0.1) is 6.92 Å². The summed E-state index contributed by atoms with van der Waals surface area (Å²) in [5.41, 5.74) is 9.08. The first kappa shape index (κ1) is 10.9. The minimum absolute atomic E-state index is 0.439. The first-order valence-corrected chi connectivity index (χ1v) is 6.14. The lowest BCUT2D eigenvalue weighted by molar-refractivity contribution is 1.08. The van der Waals surface area contributed by atoms with Crippen LogP contribution in [0.25, 0.3) is 33.6 Å². The SMILES string of the molecule is Cc1cnc2n[nH]c(-c3nc(N)c4cc[nH]c4n3)c2c1. The summed E-state index contributed by atoms with van der Waals surface area (Å²) in [6.07, 6.45) is 3.56. The van der Waals surface area contributed by atoms with Crippen LogP contribution in [0.2, 0.25) is 0 Å². The van der Waals surface area contributed by atoms with Crippen LogP contribution in [0.15, 0.2) is 24.5 Å². The summed E-state index contributed by atoms with van der Waals surface area (Å²) in [6, 6.07) is 3.85. The summed E-state index contributed by atoms with van der Waals surface area (Å²) in [7, 11) is 0. The molecule has 0 saturated carbocycles. The first-order valence-electron chi connectivity index (χ1n) is 6.14. The van der Waals surface area contributed by atoms with Gasteiger partial charge in [0.1, 0.15) is 17.2 Å². The Morgan fingerprint density at radius 1 is 1.20 bits per heavy atom. The zero-order chi connectivity index (χ0) is 13.7. The smallest absolute Gasteiger partial charge is 0.182 e. The Labute approximate surface area is 113 Å². The molecule has 0 aliphatic heterocycles. The molecule has 0 unspecified atom stereocenters. The molecule has 0 aliphatic rings. The Morgan fingerprint density at radius 3 is 3.00 bits per heavy atom. The molecule has 0 aromatic carbocycles. The van der Waals surface area contributed by atoms with E-state index < -0.39 is 0 Å². The van der Waals surface area contributed by atoms with Crippen molar-refractivity contribution >= 4 is 27.9 Å². The molecular formula is C13H11N7. The highest BCUT2D eigenvalue weighted by Crippen LogP contribution is 2.26. The lowest BCUT2D eigenvalue weighted by Gasteiger charge is -2.01. The van der Waals surface area contributed by atoms with Crippen LogP contribution < -0.4 is 5.73 Å². The van der Waals surface area contributed by atoms with Gasteiger partial charge in [-0.05, 0) is 24.6 Å². The number of anilines is 1. The maximum atomic E-state index is 5.96. The first-order chi connectivity index (χ1) is 9.72. The summed E-state index contributed by atoms with van der Waals surface area (Å²) in [5, 5.41) is 8.80. The molecule has 0 amide bonds. The van der Waals surface area contributed by atoms with Crippen molar-refractivity contribution in [2.75, 3.05) is 5.73 Å². The van der Waals surface area contributed by atoms with Crippen LogP contribution in [0.3, 0.4) is 0 Å². The van der Waals surface area contributed by atoms with Gasteiger partial charge in [0, 0.05) is 12.4 Å². The van der Waals surface area contributed by atoms with Gasteiger partial charge in [-0.15, -0.1) is 0 Å². The van der Waals surface area contributed by atoms with Crippen molar-refractivity contribution in [1.29, 1.82) is 0 Å². The highest BCUT2D eigenvalue weighted by molar-refractivity contribution is 5.92. The van der Waals surface area contributed by atoms with Crippen molar-refractivity contribution in [3.8, 4) is 11.5 Å². The Morgan fingerprint density at radius 2 is 2.10 bits per heavy atom. The molecule has 4 N–H and O–H groups in total. The van der Waals surface area contributed by atoms with Gasteiger partial charge in [0.15, 0.2) is 11.5 Å². The van der Waals surface area contributed by atoms with E-state index in [9.17, 15) is 0 Å². The zero-order valence-electron chi connectivity index (χ0n) is 10.7. The maximum absolute atomic E-state index is 5.96. The molecule has 0 aliphatic carbocycles. The molecule has 0 saturated heterocycles. The number of nitrogens with zero attached hydrogens (tertiary/aromatic N) is 4. The van der Waals surface area contributed by atoms with Crippen molar-refractivity contribution < 1.29 is 0 Å². The summed E-state index contributed by atoms with van der Waals surface area (Å²) in [4.78, 5) is 16.1. The van der Waals surface area contributed by atoms with E-state index in [2.05, 4.69) is 30.1 Å². The summed E-state index contributed by atoms with van der Waals surface area (Å²) < 4.78 is 0. The largest absolute Gasteiger partial charge is 0.383 e. The number of aryl methyl sites for hydroxylation is 1. The predicted octanol–water partition coefficient (Wildman–Crippen LogP) is 1.79. The molecule has 0 bridgehead atoms. The van der Waals surface area contributed by atoms with Crippen LogP contribution in [0.5, 0.6) is 0 Å². The standard InChI is InChI=1S/C13H11N7/c1-6-4-8-9(19-20-12(8)16-5-6)13-17-10(14)7-2-3-15-11(7)18-13/h2-5H,1H3,(H,16,19,20)(H3,14,15,17,18). The van der Waals surface area contributed by atoms with E-state index in [1.54, 1.807) is 12.4 Å². The Kier molecular flexibility index (Phi) is 2.06. The fourth-order valence-corrected chi connectivity index (χ4v) is 2.25. The highest BCUT2D eigenvalue weighted by Gasteiger charge is 2.14. The fraction of sp³-hybridized carbons (Fsp3) is 0.0769. The molecule has 20 heavy (non-hydrogen) atoms. The van der Waals surface area contributed by atoms with Crippen molar-refractivity contribution in [3.05, 3.63) is 30.1 Å². The van der Waals surface area contributed by atoms with Gasteiger partial charge in [-0.2, -0.15) is 5.10 Å². The van der Waals surface area contributed by atoms with Gasteiger partial charge in [-0.25, -0.2) is 15.0 Å². The summed E-state index contributed by atoms with van der Waals surface area (Å²) in [5.74, 6) is 0.946. The average molecular weight is 265 g/mol. The molecule has 0 radical (unpaired) electrons. The van der Waals surface area contributed by atoms with E-state index >= 15 is 0 Å². The van der Waals surface area contributed by atoms with E-state index in [0.717, 1.165) is 22.0 Å². The van der Waals surface area contributed by atoms with Crippen LogP contribution in [-0.2, 0) is 0 Å². The van der Waals surface area contributed by atoms with Gasteiger partial charge in [0.25, 0.3) is 0 Å². The third-order valence-electron chi connectivity index (χ3n) is 3.22. The number of hydrogen-bond donors (Lipinski definition) is 3. The Balaban J connectivity index is 2.03. The van der Waals surface area contributed by atoms with Gasteiger partial charge >= 0.3 is 0 Å². The number of fused-ring (bicyclic) bond motifs is 2. The van der Waals surface area contributed by atoms with Crippen molar-refractivity contribution in [3.63, 3.8) is 0 Å². The number of aromatic amines is 2. The minimum Gasteiger partial charge on any atom is -0.383 e. The minimum atomic E-state index is 0.439. The molecule has 4 rings (SSSR count). The molecule has 7 heteroatoms. The number of nitrogens with one attached hydrogen (secondary N) is 2. The predicted molar refractivity (Wildman–Crippen MR) is 75.9 cm³/mol. The lowest BCUT2D eigenvalue weighted by Crippen LogP contribution is -1.97. The molecule has 7 nitrogen and oxygen atoms in total. The second kappa shape index (κ2) is 3.77. The summed E-state index contributed by atoms with van der Waals surface area (Å²) in [6.45, 7) is 1.98. The monoisotopic (exact) mass is 265 g/mol. The number of H-pyrrole nitrogens is 2. The van der Waals surface area contributed by atoms with Crippen LogP contribution in [0.4, 0.5) is 5.82 Å². The van der Waals surface area contributed by atoms with E-state index in [1.165, 1.54) is 0 Å². The van der Waals surface area contributed by atoms with Crippen molar-refractivity contribution in [1.82, 2.24) is 30.1 Å². The second-order valence-corrected chi connectivity index (χ2v) is 4.65. The molecule has 4 aromatic heterocycles. The van der Waals surface area contributed by atoms with Crippen LogP contribution in [0.1, 0.15) is 5.56 Å². The normalized spacial score (nSPS) is 11.4. The zero-order valence-corrected chi connectivity index (χ0v) is 10.7. The van der Waals surface area contributed by atoms with Gasteiger partial charge in [0.2, 0.25) is 0 Å². The Bertz CT molecular complexity index is 934. The molecule has 98 valence electrons. The third kappa shape index (κ3) is 1.46. The van der Waals surface area contributed by atoms with E-state index in [0.29, 0.717) is 22.9 Å². The van der Waals surface area contributed by atoms with Crippen LogP contribution >= 0.6 is 0 Å². The maximum Gasteiger partial charge on any atom is 0.182 e. The number of pyridine rings is 1. The number of nitrogen functional groups attached to an aromatic ring is 1. The topological polar surface area (TPSA) is 109 Å². The quantitative estimate of drug-likeness (QED) is 0.486. The molecule has 0 spiro atoms. The van der Waals surface area contributed by atoms with E-state index in [-0.39, 0.29) is 0 Å². The van der Waals surface area contributed by atoms with Crippen LogP contribution in [-0.4, -0.2) is 30.1 Å². The molecule has 0 fully saturated rings. The van der Waals surface area contributed by atoms with Crippen molar-refractivity contribution in [2.45, 2.75) is 6.92 Å². The number of rotatable bonds is 1. The molecule has 0 atom stereocenters. The third-order valence-corrected chi connectivity index (χ3v) is 3.22. The molecule has 4 heterocycles. The number of nitrogens with two attached hydrogens (primary N) is 1. The van der Waals surface area contributed by atoms with Gasteiger partial charge in [-0.3, -0.25) is 5.10 Å². The van der Waals surface area contributed by atoms with Gasteiger partial charge in [-0.1, -0.05) is 0 Å². The number of hydrogen-bond acceptors (Lipinski definition) is 5. The second-order valence-electron chi connectivity index (χ2n) is 4.65. The fourth-order valence-electron chi connectivity index (χ4n) is 2.25. The highest BCUT2D eigenvalue weighted by atomic mass is 15.2. The Hall–Kier alpha value is -2.96. The number of aromatic nitrogens is 6. The molecular weight excluding hydrogens is 254 g/mol. The van der Waals surface area contributed by atoms with Gasteiger partial charge in [0.05, 0.1) is 10.8 Å². The summed E-state index contributed by atoms with van der Waals surface area (Å²) >= 11 is 0. The van der Waals surface area contributed by atoms with E-state index in [1.807, 2.05) is 19.1 Å². The molecule has 4 aromatic rings. The average Bonchev–Trinajstić information content (AvgIpc) is 3.04.